The van der Waals surface area contributed by atoms with Gasteiger partial charge < -0.3 is 16.0 Å². The van der Waals surface area contributed by atoms with Gasteiger partial charge in [-0.05, 0) is 60.2 Å². The minimum absolute atomic E-state index is 0. The van der Waals surface area contributed by atoms with Crippen molar-refractivity contribution in [2.45, 2.75) is 25.3 Å². The lowest BCUT2D eigenvalue weighted by atomic mass is 10.1. The Labute approximate surface area is 210 Å². The average molecular weight is 491 g/mol. The highest BCUT2D eigenvalue weighted by molar-refractivity contribution is 5.85. The van der Waals surface area contributed by atoms with E-state index in [1.807, 2.05) is 12.4 Å². The minimum atomic E-state index is -0.358. The zero-order chi connectivity index (χ0) is 23.5. The van der Waals surface area contributed by atoms with Gasteiger partial charge in [-0.15, -0.1) is 12.4 Å². The molecule has 35 heavy (non-hydrogen) atoms. The molecule has 3 aromatic rings. The number of amides is 2. The number of primary amides is 1. The number of aromatic nitrogens is 3. The molecule has 0 atom stereocenters. The zero-order valence-electron chi connectivity index (χ0n) is 19.2. The number of carbonyl (C=O) groups excluding carboxylic acids is 1. The molecule has 180 valence electrons. The topological polar surface area (TPSA) is 124 Å². The fourth-order valence-electron chi connectivity index (χ4n) is 4.21. The van der Waals surface area contributed by atoms with Crippen LogP contribution in [0.4, 0.5) is 16.4 Å². The van der Waals surface area contributed by atoms with Crippen LogP contribution in [0.3, 0.4) is 0 Å². The van der Waals surface area contributed by atoms with Gasteiger partial charge in [0.25, 0.3) is 0 Å². The largest absolute Gasteiger partial charge is 0.351 e. The fourth-order valence-corrected chi connectivity index (χ4v) is 4.21. The van der Waals surface area contributed by atoms with Gasteiger partial charge in [-0.25, -0.2) is 14.8 Å². The second kappa shape index (κ2) is 10.7. The summed E-state index contributed by atoms with van der Waals surface area (Å²) in [5.74, 6) is 1.85. The number of nitrogens with one attached hydrogen (secondary N) is 1. The summed E-state index contributed by atoms with van der Waals surface area (Å²) in [5, 5.41) is 12.4. The lowest BCUT2D eigenvalue weighted by molar-refractivity contribution is 0.140. The Balaban J connectivity index is 0.00000289. The number of hydrogen-bond acceptors (Lipinski definition) is 7. The summed E-state index contributed by atoms with van der Waals surface area (Å²) in [6, 6.07) is 11.5. The predicted molar refractivity (Wildman–Crippen MR) is 135 cm³/mol. The first-order valence-corrected chi connectivity index (χ1v) is 11.4. The highest BCUT2D eigenvalue weighted by Gasteiger charge is 2.25. The van der Waals surface area contributed by atoms with E-state index in [0.29, 0.717) is 36.2 Å². The van der Waals surface area contributed by atoms with Crippen LogP contribution >= 0.6 is 12.4 Å². The minimum Gasteiger partial charge on any atom is -0.351 e. The van der Waals surface area contributed by atoms with E-state index in [1.54, 1.807) is 23.2 Å². The van der Waals surface area contributed by atoms with E-state index in [-0.39, 0.29) is 18.4 Å². The summed E-state index contributed by atoms with van der Waals surface area (Å²) in [6.45, 7) is 3.61. The van der Waals surface area contributed by atoms with Gasteiger partial charge in [0.05, 0.1) is 17.3 Å². The Morgan fingerprint density at radius 2 is 1.91 bits per heavy atom. The van der Waals surface area contributed by atoms with Crippen LogP contribution in [-0.2, 0) is 6.54 Å². The van der Waals surface area contributed by atoms with Crippen molar-refractivity contribution in [3.05, 3.63) is 65.6 Å². The van der Waals surface area contributed by atoms with E-state index in [1.165, 1.54) is 18.4 Å². The van der Waals surface area contributed by atoms with Gasteiger partial charge in [0.15, 0.2) is 0 Å². The molecular formula is C25H27ClN8O. The molecular weight excluding hydrogens is 464 g/mol. The van der Waals surface area contributed by atoms with Crippen LogP contribution in [0, 0.1) is 11.3 Å². The third-order valence-electron chi connectivity index (χ3n) is 6.22. The third kappa shape index (κ3) is 6.04. The Hall–Kier alpha value is -3.74. The lowest BCUT2D eigenvalue weighted by Crippen LogP contribution is -2.50. The van der Waals surface area contributed by atoms with Crippen LogP contribution in [-0.4, -0.2) is 57.0 Å². The van der Waals surface area contributed by atoms with Gasteiger partial charge >= 0.3 is 6.03 Å². The molecule has 0 aromatic carbocycles. The number of nitriles is 1. The zero-order valence-corrected chi connectivity index (χ0v) is 20.0. The summed E-state index contributed by atoms with van der Waals surface area (Å²) in [4.78, 5) is 29.0. The van der Waals surface area contributed by atoms with E-state index in [4.69, 9.17) is 10.7 Å². The fraction of sp³-hybridized carbons (Fsp3) is 0.320. The summed E-state index contributed by atoms with van der Waals surface area (Å²) in [5.41, 5.74) is 10.1. The van der Waals surface area contributed by atoms with Crippen molar-refractivity contribution in [2.24, 2.45) is 5.73 Å². The van der Waals surface area contributed by atoms with Crippen molar-refractivity contribution in [1.82, 2.24) is 24.8 Å². The maximum absolute atomic E-state index is 11.4. The Morgan fingerprint density at radius 1 is 1.11 bits per heavy atom. The Morgan fingerprint density at radius 3 is 2.63 bits per heavy atom. The number of anilines is 2. The molecule has 3 N–H and O–H groups in total. The van der Waals surface area contributed by atoms with Crippen LogP contribution in [0.2, 0.25) is 0 Å². The molecule has 3 aromatic heterocycles. The molecule has 4 heterocycles. The number of carbonyl (C=O) groups is 1. The molecule has 0 unspecified atom stereocenters. The molecule has 9 nitrogen and oxygen atoms in total. The van der Waals surface area contributed by atoms with Gasteiger partial charge in [-0.1, -0.05) is 0 Å². The first-order valence-electron chi connectivity index (χ1n) is 11.4. The van der Waals surface area contributed by atoms with Gasteiger partial charge in [-0.3, -0.25) is 9.88 Å². The molecule has 2 aliphatic rings. The molecule has 0 bridgehead atoms. The van der Waals surface area contributed by atoms with E-state index in [0.717, 1.165) is 36.5 Å². The molecule has 10 heteroatoms. The molecule has 1 aliphatic heterocycles. The Kier molecular flexibility index (Phi) is 7.44. The second-order valence-electron chi connectivity index (χ2n) is 8.80. The molecule has 1 aliphatic carbocycles. The molecule has 5 rings (SSSR count). The molecule has 2 fully saturated rings. The van der Waals surface area contributed by atoms with Crippen molar-refractivity contribution in [2.75, 3.05) is 31.5 Å². The van der Waals surface area contributed by atoms with Gasteiger partial charge in [0, 0.05) is 56.9 Å². The normalized spacial score (nSPS) is 15.7. The number of hydrogen-bond donors (Lipinski definition) is 2. The summed E-state index contributed by atoms with van der Waals surface area (Å²) >= 11 is 0. The van der Waals surface area contributed by atoms with Gasteiger partial charge in [0.2, 0.25) is 0 Å². The van der Waals surface area contributed by atoms with Gasteiger partial charge in [-0.2, -0.15) is 5.26 Å². The maximum atomic E-state index is 11.4. The molecule has 0 radical (unpaired) electrons. The van der Waals surface area contributed by atoms with Crippen molar-refractivity contribution in [3.8, 4) is 17.3 Å². The van der Waals surface area contributed by atoms with Crippen LogP contribution < -0.4 is 11.1 Å². The SMILES string of the molecule is Cl.N#Cc1ccnc(Nc2cc(C3CC3)cc(-c3cncc(CN4CCN(C(N)=O)CC4)c3)n2)c1. The van der Waals surface area contributed by atoms with E-state index < -0.39 is 0 Å². The first-order chi connectivity index (χ1) is 16.6. The van der Waals surface area contributed by atoms with Crippen molar-refractivity contribution >= 4 is 30.1 Å². The quantitative estimate of drug-likeness (QED) is 0.540. The van der Waals surface area contributed by atoms with Crippen molar-refractivity contribution < 1.29 is 4.79 Å². The van der Waals surface area contributed by atoms with E-state index >= 15 is 0 Å². The number of pyridine rings is 3. The van der Waals surface area contributed by atoms with Crippen LogP contribution in [0.15, 0.2) is 48.9 Å². The summed E-state index contributed by atoms with van der Waals surface area (Å²) in [6.07, 6.45) is 7.70. The number of rotatable bonds is 6. The molecule has 2 amide bonds. The predicted octanol–water partition coefficient (Wildman–Crippen LogP) is 3.65. The molecule has 0 spiro atoms. The highest BCUT2D eigenvalue weighted by atomic mass is 35.5. The van der Waals surface area contributed by atoms with Crippen LogP contribution in [0.5, 0.6) is 0 Å². The van der Waals surface area contributed by atoms with E-state index in [9.17, 15) is 10.1 Å². The Bertz CT molecular complexity index is 1250. The number of nitrogens with two attached hydrogens (primary N) is 1. The van der Waals surface area contributed by atoms with E-state index in [2.05, 4.69) is 44.5 Å². The number of halogens is 1. The smallest absolute Gasteiger partial charge is 0.314 e. The summed E-state index contributed by atoms with van der Waals surface area (Å²) < 4.78 is 0. The highest BCUT2D eigenvalue weighted by Crippen LogP contribution is 2.42. The number of nitrogens with zero attached hydrogens (tertiary/aromatic N) is 6. The average Bonchev–Trinajstić information content (AvgIpc) is 3.70. The number of urea groups is 1. The van der Waals surface area contributed by atoms with Crippen molar-refractivity contribution in [3.63, 3.8) is 0 Å². The second-order valence-corrected chi connectivity index (χ2v) is 8.80. The lowest BCUT2D eigenvalue weighted by Gasteiger charge is -2.33. The van der Waals surface area contributed by atoms with Crippen molar-refractivity contribution in [1.29, 1.82) is 5.26 Å². The summed E-state index contributed by atoms with van der Waals surface area (Å²) in [7, 11) is 0. The standard InChI is InChI=1S/C25H26N8O.ClH/c26-13-17-3-4-29-23(10-17)31-24-12-20(19-1-2-19)11-22(30-24)21-9-18(14-28-15-21)16-32-5-7-33(8-6-32)25(27)34;/h3-4,9-12,14-15,19H,1-2,5-8,16H2,(H2,27,34)(H,29,30,31);1H. The monoisotopic (exact) mass is 490 g/mol. The molecule has 1 saturated carbocycles. The first kappa shape index (κ1) is 24.4. The molecule has 1 saturated heterocycles. The maximum Gasteiger partial charge on any atom is 0.314 e. The third-order valence-corrected chi connectivity index (χ3v) is 6.22. The van der Waals surface area contributed by atoms with Crippen LogP contribution in [0.25, 0.3) is 11.3 Å². The van der Waals surface area contributed by atoms with Crippen LogP contribution in [0.1, 0.15) is 35.4 Å². The van der Waals surface area contributed by atoms with Gasteiger partial charge in [0.1, 0.15) is 11.6 Å². The number of piperazine rings is 1.